The predicted octanol–water partition coefficient (Wildman–Crippen LogP) is 2.51. The first-order chi connectivity index (χ1) is 15.0. The van der Waals surface area contributed by atoms with Crippen LogP contribution in [0.1, 0.15) is 39.2 Å². The maximum Gasteiger partial charge on any atom is 0.252 e. The van der Waals surface area contributed by atoms with E-state index in [0.29, 0.717) is 22.6 Å². The standard InChI is InChI=1S/C23H23N5O3/c1-14-20(15-10-12-25-13-11-15)27-28-22(14)26-23(30)17-4-8-19(9-5-17)31-18-6-2-16(3-7-18)21(24)29/h2-14,20,22,27-28H,1H3,(H2,24,29)(H,26,30). The average molecular weight is 417 g/mol. The number of hydrogen-bond acceptors (Lipinski definition) is 6. The predicted molar refractivity (Wildman–Crippen MR) is 115 cm³/mol. The van der Waals surface area contributed by atoms with Crippen molar-refractivity contribution >= 4 is 11.8 Å². The van der Waals surface area contributed by atoms with Crippen molar-refractivity contribution in [1.82, 2.24) is 21.2 Å². The van der Waals surface area contributed by atoms with Crippen LogP contribution < -0.4 is 26.6 Å². The zero-order valence-electron chi connectivity index (χ0n) is 16.9. The normalized spacial score (nSPS) is 20.2. The second kappa shape index (κ2) is 8.95. The molecule has 2 amide bonds. The minimum absolute atomic E-state index is 0.0741. The van der Waals surface area contributed by atoms with Gasteiger partial charge in [-0.1, -0.05) is 6.92 Å². The number of ether oxygens (including phenoxy) is 1. The number of amides is 2. The van der Waals surface area contributed by atoms with E-state index in [1.807, 2.05) is 12.1 Å². The fourth-order valence-corrected chi connectivity index (χ4v) is 3.48. The van der Waals surface area contributed by atoms with Gasteiger partial charge in [-0.25, -0.2) is 10.9 Å². The number of nitrogens with two attached hydrogens (primary N) is 1. The summed E-state index contributed by atoms with van der Waals surface area (Å²) in [5.41, 5.74) is 13.7. The highest BCUT2D eigenvalue weighted by atomic mass is 16.5. The summed E-state index contributed by atoms with van der Waals surface area (Å²) in [7, 11) is 0. The third-order valence-corrected chi connectivity index (χ3v) is 5.29. The van der Waals surface area contributed by atoms with E-state index in [4.69, 9.17) is 10.5 Å². The Morgan fingerprint density at radius 3 is 2.06 bits per heavy atom. The molecule has 3 atom stereocenters. The van der Waals surface area contributed by atoms with Crippen LogP contribution in [-0.2, 0) is 0 Å². The number of rotatable bonds is 6. The summed E-state index contributed by atoms with van der Waals surface area (Å²) in [6, 6.07) is 17.4. The van der Waals surface area contributed by atoms with Crippen molar-refractivity contribution in [3.63, 3.8) is 0 Å². The molecule has 0 radical (unpaired) electrons. The molecule has 2 aromatic carbocycles. The van der Waals surface area contributed by atoms with Crippen molar-refractivity contribution in [2.75, 3.05) is 0 Å². The summed E-state index contributed by atoms with van der Waals surface area (Å²) in [6.45, 7) is 2.07. The molecule has 5 N–H and O–H groups in total. The molecule has 0 spiro atoms. The number of pyridine rings is 1. The first-order valence-electron chi connectivity index (χ1n) is 9.91. The van der Waals surface area contributed by atoms with Gasteiger partial charge in [0.1, 0.15) is 11.5 Å². The van der Waals surface area contributed by atoms with Crippen LogP contribution in [0.2, 0.25) is 0 Å². The minimum Gasteiger partial charge on any atom is -0.457 e. The van der Waals surface area contributed by atoms with Crippen LogP contribution >= 0.6 is 0 Å². The van der Waals surface area contributed by atoms with Crippen molar-refractivity contribution in [1.29, 1.82) is 0 Å². The molecular weight excluding hydrogens is 394 g/mol. The van der Waals surface area contributed by atoms with Gasteiger partial charge in [0.25, 0.3) is 5.91 Å². The Morgan fingerprint density at radius 1 is 0.903 bits per heavy atom. The lowest BCUT2D eigenvalue weighted by Crippen LogP contribution is -2.46. The molecule has 0 bridgehead atoms. The van der Waals surface area contributed by atoms with E-state index in [2.05, 4.69) is 28.1 Å². The molecule has 4 rings (SSSR count). The molecule has 31 heavy (non-hydrogen) atoms. The number of hydrazine groups is 1. The number of carbonyl (C=O) groups is 2. The number of hydrogen-bond donors (Lipinski definition) is 4. The second-order valence-corrected chi connectivity index (χ2v) is 7.37. The third-order valence-electron chi connectivity index (χ3n) is 5.29. The number of carbonyl (C=O) groups excluding carboxylic acids is 2. The molecule has 0 saturated carbocycles. The Morgan fingerprint density at radius 2 is 1.48 bits per heavy atom. The molecule has 3 unspecified atom stereocenters. The largest absolute Gasteiger partial charge is 0.457 e. The number of aromatic nitrogens is 1. The molecule has 2 heterocycles. The summed E-state index contributed by atoms with van der Waals surface area (Å²) in [5, 5.41) is 3.02. The highest BCUT2D eigenvalue weighted by molar-refractivity contribution is 5.94. The minimum atomic E-state index is -0.490. The van der Waals surface area contributed by atoms with Gasteiger partial charge in [0.05, 0.1) is 12.2 Å². The van der Waals surface area contributed by atoms with Gasteiger partial charge in [0.15, 0.2) is 0 Å². The molecule has 1 aromatic heterocycles. The molecule has 8 nitrogen and oxygen atoms in total. The zero-order chi connectivity index (χ0) is 21.8. The van der Waals surface area contributed by atoms with Gasteiger partial charge in [-0.3, -0.25) is 14.6 Å². The quantitative estimate of drug-likeness (QED) is 0.489. The molecule has 1 saturated heterocycles. The zero-order valence-corrected chi connectivity index (χ0v) is 16.9. The average Bonchev–Trinajstić information content (AvgIpc) is 3.15. The van der Waals surface area contributed by atoms with Gasteiger partial charge < -0.3 is 15.8 Å². The topological polar surface area (TPSA) is 118 Å². The van der Waals surface area contributed by atoms with Crippen molar-refractivity contribution in [2.45, 2.75) is 19.1 Å². The molecule has 0 aliphatic carbocycles. The summed E-state index contributed by atoms with van der Waals surface area (Å²) in [5.74, 6) is 0.612. The van der Waals surface area contributed by atoms with Gasteiger partial charge in [-0.05, 0) is 66.2 Å². The Kier molecular flexibility index (Phi) is 5.92. The van der Waals surface area contributed by atoms with E-state index in [9.17, 15) is 9.59 Å². The third kappa shape index (κ3) is 4.71. The number of nitrogens with zero attached hydrogens (tertiary/aromatic N) is 1. The lowest BCUT2D eigenvalue weighted by Gasteiger charge is -2.20. The smallest absolute Gasteiger partial charge is 0.252 e. The van der Waals surface area contributed by atoms with Gasteiger partial charge in [-0.2, -0.15) is 0 Å². The first kappa shape index (κ1) is 20.5. The van der Waals surface area contributed by atoms with Crippen molar-refractivity contribution in [2.24, 2.45) is 11.7 Å². The van der Waals surface area contributed by atoms with Crippen LogP contribution in [-0.4, -0.2) is 23.0 Å². The van der Waals surface area contributed by atoms with E-state index >= 15 is 0 Å². The summed E-state index contributed by atoms with van der Waals surface area (Å²) < 4.78 is 5.75. The van der Waals surface area contributed by atoms with Crippen LogP contribution in [0.25, 0.3) is 0 Å². The van der Waals surface area contributed by atoms with E-state index in [1.54, 1.807) is 60.9 Å². The van der Waals surface area contributed by atoms with E-state index in [1.165, 1.54) is 0 Å². The first-order valence-corrected chi connectivity index (χ1v) is 9.91. The Balaban J connectivity index is 1.36. The maximum absolute atomic E-state index is 12.7. The Labute approximate surface area is 179 Å². The van der Waals surface area contributed by atoms with Crippen LogP contribution in [0.5, 0.6) is 11.5 Å². The van der Waals surface area contributed by atoms with Crippen LogP contribution in [0.4, 0.5) is 0 Å². The van der Waals surface area contributed by atoms with Crippen LogP contribution in [0.15, 0.2) is 73.1 Å². The molecule has 1 fully saturated rings. The van der Waals surface area contributed by atoms with E-state index in [-0.39, 0.29) is 24.0 Å². The van der Waals surface area contributed by atoms with Gasteiger partial charge in [-0.15, -0.1) is 0 Å². The summed E-state index contributed by atoms with van der Waals surface area (Å²) in [6.07, 6.45) is 3.29. The van der Waals surface area contributed by atoms with Crippen molar-refractivity contribution < 1.29 is 14.3 Å². The highest BCUT2D eigenvalue weighted by Gasteiger charge is 2.34. The van der Waals surface area contributed by atoms with Crippen molar-refractivity contribution in [3.05, 3.63) is 89.7 Å². The van der Waals surface area contributed by atoms with Gasteiger partial charge in [0.2, 0.25) is 5.91 Å². The van der Waals surface area contributed by atoms with Crippen molar-refractivity contribution in [3.8, 4) is 11.5 Å². The molecule has 158 valence electrons. The molecule has 3 aromatic rings. The monoisotopic (exact) mass is 417 g/mol. The van der Waals surface area contributed by atoms with Gasteiger partial charge in [0, 0.05) is 29.4 Å². The SMILES string of the molecule is CC1C(NC(=O)c2ccc(Oc3ccc(C(N)=O)cc3)cc2)NNC1c1ccncc1. The molecular formula is C23H23N5O3. The number of primary amides is 1. The fraction of sp³-hybridized carbons (Fsp3) is 0.174. The number of nitrogens with one attached hydrogen (secondary N) is 3. The molecule has 8 heteroatoms. The lowest BCUT2D eigenvalue weighted by molar-refractivity contribution is 0.0922. The number of benzene rings is 2. The molecule has 1 aliphatic heterocycles. The maximum atomic E-state index is 12.7. The van der Waals surface area contributed by atoms with Crippen LogP contribution in [0.3, 0.4) is 0 Å². The highest BCUT2D eigenvalue weighted by Crippen LogP contribution is 2.27. The Bertz CT molecular complexity index is 1050. The van der Waals surface area contributed by atoms with Crippen LogP contribution in [0, 0.1) is 5.92 Å². The Hall–Kier alpha value is -3.75. The van der Waals surface area contributed by atoms with Gasteiger partial charge >= 0.3 is 0 Å². The second-order valence-electron chi connectivity index (χ2n) is 7.37. The molecule has 1 aliphatic rings. The summed E-state index contributed by atoms with van der Waals surface area (Å²) in [4.78, 5) is 27.9. The van der Waals surface area contributed by atoms with E-state index < -0.39 is 5.91 Å². The van der Waals surface area contributed by atoms with E-state index in [0.717, 1.165) is 5.56 Å². The lowest BCUT2D eigenvalue weighted by atomic mass is 9.95. The fourth-order valence-electron chi connectivity index (χ4n) is 3.48. The summed E-state index contributed by atoms with van der Waals surface area (Å²) >= 11 is 0.